The summed E-state index contributed by atoms with van der Waals surface area (Å²) in [6.45, 7) is 0. The van der Waals surface area contributed by atoms with Crippen LogP contribution >= 0.6 is 31.9 Å². The molecule has 140 valence electrons. The van der Waals surface area contributed by atoms with E-state index in [9.17, 15) is 9.90 Å². The number of nitrogens with one attached hydrogen (secondary N) is 1. The summed E-state index contributed by atoms with van der Waals surface area (Å²) in [5.74, 6) is -0.327. The first-order valence-corrected chi connectivity index (χ1v) is 10.0. The molecule has 2 N–H and O–H groups in total. The van der Waals surface area contributed by atoms with Gasteiger partial charge in [0, 0.05) is 34.4 Å². The van der Waals surface area contributed by atoms with E-state index in [1.54, 1.807) is 6.21 Å². The van der Waals surface area contributed by atoms with Crippen LogP contribution in [-0.2, 0) is 7.05 Å². The van der Waals surface area contributed by atoms with E-state index in [0.717, 1.165) is 16.5 Å². The average molecular weight is 501 g/mol. The lowest BCUT2D eigenvalue weighted by atomic mass is 10.1. The molecule has 1 heterocycles. The predicted molar refractivity (Wildman–Crippen MR) is 119 cm³/mol. The third kappa shape index (κ3) is 3.31. The molecule has 0 spiro atoms. The highest BCUT2D eigenvalue weighted by molar-refractivity contribution is 9.11. The zero-order valence-electron chi connectivity index (χ0n) is 14.8. The molecule has 0 aliphatic rings. The average Bonchev–Trinajstić information content (AvgIpc) is 2.98. The van der Waals surface area contributed by atoms with Gasteiger partial charge in [0.2, 0.25) is 0 Å². The number of phenols is 1. The van der Waals surface area contributed by atoms with E-state index in [0.29, 0.717) is 14.5 Å². The number of carbonyl (C=O) groups excluding carboxylic acids is 1. The lowest BCUT2D eigenvalue weighted by Crippen LogP contribution is -2.17. The number of aryl methyl sites for hydroxylation is 1. The van der Waals surface area contributed by atoms with Gasteiger partial charge in [-0.1, -0.05) is 24.3 Å². The number of rotatable bonds is 3. The van der Waals surface area contributed by atoms with Gasteiger partial charge in [-0.05, 0) is 67.8 Å². The topological polar surface area (TPSA) is 66.6 Å². The number of benzene rings is 3. The zero-order valence-corrected chi connectivity index (χ0v) is 18.0. The van der Waals surface area contributed by atoms with Crippen LogP contribution in [0.2, 0.25) is 0 Å². The SMILES string of the molecule is Cn1c2ccccc2c2cc(/C=N/NC(=O)c3cc(Br)c(O)c(Br)c3)ccc21. The van der Waals surface area contributed by atoms with Gasteiger partial charge in [0.05, 0.1) is 15.2 Å². The van der Waals surface area contributed by atoms with Crippen LogP contribution in [0.25, 0.3) is 21.8 Å². The second-order valence-electron chi connectivity index (χ2n) is 6.34. The lowest BCUT2D eigenvalue weighted by molar-refractivity contribution is 0.0955. The highest BCUT2D eigenvalue weighted by Gasteiger charge is 2.11. The summed E-state index contributed by atoms with van der Waals surface area (Å²) < 4.78 is 3.02. The van der Waals surface area contributed by atoms with Crippen molar-refractivity contribution in [1.82, 2.24) is 9.99 Å². The van der Waals surface area contributed by atoms with Crippen molar-refractivity contribution in [2.75, 3.05) is 0 Å². The Balaban J connectivity index is 1.59. The lowest BCUT2D eigenvalue weighted by Gasteiger charge is -2.04. The molecular weight excluding hydrogens is 486 g/mol. The quantitative estimate of drug-likeness (QED) is 0.295. The van der Waals surface area contributed by atoms with E-state index in [-0.39, 0.29) is 11.7 Å². The van der Waals surface area contributed by atoms with Gasteiger partial charge < -0.3 is 9.67 Å². The molecule has 0 bridgehead atoms. The maximum atomic E-state index is 12.3. The maximum absolute atomic E-state index is 12.3. The summed E-state index contributed by atoms with van der Waals surface area (Å²) in [5, 5.41) is 16.1. The van der Waals surface area contributed by atoms with Crippen LogP contribution in [0.4, 0.5) is 0 Å². The van der Waals surface area contributed by atoms with Gasteiger partial charge in [-0.25, -0.2) is 5.43 Å². The number of halogens is 2. The first kappa shape index (κ1) is 18.7. The second kappa shape index (κ2) is 7.41. The van der Waals surface area contributed by atoms with Crippen molar-refractivity contribution in [3.63, 3.8) is 0 Å². The Morgan fingerprint density at radius 3 is 2.46 bits per heavy atom. The van der Waals surface area contributed by atoms with Crippen LogP contribution in [0.5, 0.6) is 5.75 Å². The van der Waals surface area contributed by atoms with Crippen molar-refractivity contribution >= 4 is 65.8 Å². The largest absolute Gasteiger partial charge is 0.506 e. The Kier molecular flexibility index (Phi) is 4.95. The van der Waals surface area contributed by atoms with Crippen molar-refractivity contribution in [3.05, 3.63) is 74.7 Å². The Labute approximate surface area is 177 Å². The summed E-state index contributed by atoms with van der Waals surface area (Å²) >= 11 is 6.43. The van der Waals surface area contributed by atoms with Crippen LogP contribution in [0.1, 0.15) is 15.9 Å². The number of para-hydroxylation sites is 1. The summed E-state index contributed by atoms with van der Waals surface area (Å²) in [7, 11) is 2.05. The Morgan fingerprint density at radius 2 is 1.71 bits per heavy atom. The number of hydrogen-bond acceptors (Lipinski definition) is 3. The number of fused-ring (bicyclic) bond motifs is 3. The Morgan fingerprint density at radius 1 is 1.04 bits per heavy atom. The molecule has 7 heteroatoms. The second-order valence-corrected chi connectivity index (χ2v) is 8.05. The first-order chi connectivity index (χ1) is 13.5. The molecule has 3 aromatic carbocycles. The minimum absolute atomic E-state index is 0.0449. The van der Waals surface area contributed by atoms with Gasteiger partial charge in [0.25, 0.3) is 5.91 Å². The van der Waals surface area contributed by atoms with Crippen molar-refractivity contribution in [2.45, 2.75) is 0 Å². The molecular formula is C21H15Br2N3O2. The molecule has 1 aromatic heterocycles. The third-order valence-corrected chi connectivity index (χ3v) is 5.81. The maximum Gasteiger partial charge on any atom is 0.271 e. The fourth-order valence-electron chi connectivity index (χ4n) is 3.19. The fraction of sp³-hybridized carbons (Fsp3) is 0.0476. The number of aromatic hydroxyl groups is 1. The molecule has 0 aliphatic carbocycles. The number of aromatic nitrogens is 1. The van der Waals surface area contributed by atoms with Crippen LogP contribution in [-0.4, -0.2) is 21.8 Å². The number of hydrazone groups is 1. The number of carbonyl (C=O) groups is 1. The van der Waals surface area contributed by atoms with Crippen molar-refractivity contribution < 1.29 is 9.90 Å². The van der Waals surface area contributed by atoms with Gasteiger partial charge in [-0.15, -0.1) is 0 Å². The van der Waals surface area contributed by atoms with Crippen LogP contribution < -0.4 is 5.43 Å². The molecule has 0 atom stereocenters. The highest BCUT2D eigenvalue weighted by Crippen LogP contribution is 2.33. The monoisotopic (exact) mass is 499 g/mol. The van der Waals surface area contributed by atoms with E-state index >= 15 is 0 Å². The molecule has 4 aromatic rings. The molecule has 0 saturated carbocycles. The van der Waals surface area contributed by atoms with E-state index < -0.39 is 0 Å². The molecule has 0 radical (unpaired) electrons. The van der Waals surface area contributed by atoms with E-state index in [1.165, 1.54) is 23.0 Å². The van der Waals surface area contributed by atoms with Gasteiger partial charge in [-0.2, -0.15) is 5.10 Å². The van der Waals surface area contributed by atoms with Crippen LogP contribution in [0.15, 0.2) is 68.6 Å². The molecule has 0 aliphatic heterocycles. The summed E-state index contributed by atoms with van der Waals surface area (Å²) in [4.78, 5) is 12.3. The third-order valence-electron chi connectivity index (χ3n) is 4.60. The Bertz CT molecular complexity index is 1240. The number of hydrogen-bond donors (Lipinski definition) is 2. The van der Waals surface area contributed by atoms with Crippen LogP contribution in [0.3, 0.4) is 0 Å². The zero-order chi connectivity index (χ0) is 19.8. The smallest absolute Gasteiger partial charge is 0.271 e. The Hall–Kier alpha value is -2.64. The van der Waals surface area contributed by atoms with Crippen molar-refractivity contribution in [2.24, 2.45) is 12.1 Å². The highest BCUT2D eigenvalue weighted by atomic mass is 79.9. The molecule has 0 unspecified atom stereocenters. The van der Waals surface area contributed by atoms with Gasteiger partial charge >= 0.3 is 0 Å². The van der Waals surface area contributed by atoms with E-state index in [1.807, 2.05) is 31.3 Å². The first-order valence-electron chi connectivity index (χ1n) is 8.44. The molecule has 1 amide bonds. The molecule has 5 nitrogen and oxygen atoms in total. The minimum atomic E-state index is -0.371. The normalized spacial score (nSPS) is 11.5. The molecule has 28 heavy (non-hydrogen) atoms. The molecule has 0 saturated heterocycles. The van der Waals surface area contributed by atoms with E-state index in [2.05, 4.69) is 65.2 Å². The van der Waals surface area contributed by atoms with Gasteiger partial charge in [0.1, 0.15) is 5.75 Å². The van der Waals surface area contributed by atoms with Crippen molar-refractivity contribution in [3.8, 4) is 5.75 Å². The minimum Gasteiger partial charge on any atom is -0.506 e. The molecule has 0 fully saturated rings. The van der Waals surface area contributed by atoms with Gasteiger partial charge in [0.15, 0.2) is 0 Å². The standard InChI is InChI=1S/C21H15Br2N3O2/c1-26-18-5-3-2-4-14(18)15-8-12(6-7-19(15)26)11-24-25-21(28)13-9-16(22)20(27)17(23)10-13/h2-11,27H,1H3,(H,25,28)/b24-11+. The number of nitrogens with zero attached hydrogens (tertiary/aromatic N) is 2. The van der Waals surface area contributed by atoms with E-state index in [4.69, 9.17) is 0 Å². The van der Waals surface area contributed by atoms with Crippen LogP contribution in [0, 0.1) is 0 Å². The number of phenolic OH excluding ortho intramolecular Hbond substituents is 1. The van der Waals surface area contributed by atoms with Gasteiger partial charge in [-0.3, -0.25) is 4.79 Å². The fourth-order valence-corrected chi connectivity index (χ4v) is 4.38. The summed E-state index contributed by atoms with van der Waals surface area (Å²) in [5.41, 5.74) is 6.08. The van der Waals surface area contributed by atoms with Crippen molar-refractivity contribution in [1.29, 1.82) is 0 Å². The summed E-state index contributed by atoms with van der Waals surface area (Å²) in [6, 6.07) is 17.4. The predicted octanol–water partition coefficient (Wildman–Crippen LogP) is 5.33. The summed E-state index contributed by atoms with van der Waals surface area (Å²) in [6.07, 6.45) is 1.61. The number of amides is 1. The molecule has 4 rings (SSSR count).